The number of ether oxygens (including phenoxy) is 1. The number of nitrogens with one attached hydrogen (secondary N) is 1. The first kappa shape index (κ1) is 22.3. The van der Waals surface area contributed by atoms with Crippen LogP contribution in [0, 0.1) is 5.82 Å². The summed E-state index contributed by atoms with van der Waals surface area (Å²) in [5, 5.41) is 12.5. The number of alkyl halides is 1. The van der Waals surface area contributed by atoms with Crippen molar-refractivity contribution in [3.8, 4) is 0 Å². The fourth-order valence-corrected chi connectivity index (χ4v) is 3.03. The van der Waals surface area contributed by atoms with Gasteiger partial charge in [0, 0.05) is 12.6 Å². The van der Waals surface area contributed by atoms with Crippen LogP contribution >= 0.6 is 15.9 Å². The zero-order valence-corrected chi connectivity index (χ0v) is 17.4. The molecule has 1 amide bonds. The van der Waals surface area contributed by atoms with Gasteiger partial charge in [-0.15, -0.1) is 0 Å². The third-order valence-corrected chi connectivity index (χ3v) is 4.50. The Balaban J connectivity index is 2.08. The molecule has 28 heavy (non-hydrogen) atoms. The highest BCUT2D eigenvalue weighted by Crippen LogP contribution is 2.21. The van der Waals surface area contributed by atoms with Gasteiger partial charge >= 0.3 is 6.09 Å². The number of fused-ring (bicyclic) bond motifs is 1. The predicted octanol–water partition coefficient (Wildman–Crippen LogP) is 3.52. The number of amides is 1. The average molecular weight is 461 g/mol. The van der Waals surface area contributed by atoms with Crippen molar-refractivity contribution in [1.29, 1.82) is 0 Å². The molecule has 0 aliphatic rings. The van der Waals surface area contributed by atoms with Gasteiger partial charge in [-0.1, -0.05) is 0 Å². The van der Waals surface area contributed by atoms with E-state index in [1.807, 2.05) is 0 Å². The number of aliphatic hydroxyl groups is 1. The number of carbonyl (C=O) groups is 1. The van der Waals surface area contributed by atoms with Gasteiger partial charge in [-0.3, -0.25) is 4.79 Å². The molecule has 0 bridgehead atoms. The molecule has 0 saturated heterocycles. The van der Waals surface area contributed by atoms with E-state index in [1.54, 1.807) is 26.8 Å². The van der Waals surface area contributed by atoms with Crippen molar-refractivity contribution in [2.24, 2.45) is 0 Å². The smallest absolute Gasteiger partial charge is 0.407 e. The highest BCUT2D eigenvalue weighted by Gasteiger charge is 2.22. The Morgan fingerprint density at radius 1 is 1.39 bits per heavy atom. The summed E-state index contributed by atoms with van der Waals surface area (Å²) >= 11 is 3.06. The number of hydrogen-bond acceptors (Lipinski definition) is 4. The Labute approximate surface area is 169 Å². The molecule has 1 heterocycles. The quantitative estimate of drug-likeness (QED) is 0.690. The van der Waals surface area contributed by atoms with Crippen LogP contribution in [0.4, 0.5) is 13.6 Å². The van der Waals surface area contributed by atoms with Crippen molar-refractivity contribution in [1.82, 2.24) is 9.88 Å². The first-order valence-electron chi connectivity index (χ1n) is 8.73. The Bertz CT molecular complexity index is 911. The molecular formula is C19H23BrF2N2O4. The number of aromatic nitrogens is 1. The van der Waals surface area contributed by atoms with Gasteiger partial charge in [0.05, 0.1) is 29.1 Å². The zero-order valence-electron chi connectivity index (χ0n) is 15.8. The average Bonchev–Trinajstić information content (AvgIpc) is 2.57. The van der Waals surface area contributed by atoms with Gasteiger partial charge in [-0.05, 0) is 60.3 Å². The molecule has 1 aromatic heterocycles. The van der Waals surface area contributed by atoms with E-state index in [0.717, 1.165) is 10.6 Å². The third-order valence-electron chi connectivity index (χ3n) is 3.89. The zero-order chi connectivity index (χ0) is 21.1. The molecule has 0 aliphatic carbocycles. The van der Waals surface area contributed by atoms with Gasteiger partial charge in [0.2, 0.25) is 0 Å². The Morgan fingerprint density at radius 2 is 2.07 bits per heavy atom. The summed E-state index contributed by atoms with van der Waals surface area (Å²) in [4.78, 5) is 24.3. The maximum Gasteiger partial charge on any atom is 0.407 e. The van der Waals surface area contributed by atoms with Crippen molar-refractivity contribution in [2.45, 2.75) is 51.6 Å². The molecule has 2 atom stereocenters. The minimum absolute atomic E-state index is 0.140. The van der Waals surface area contributed by atoms with Crippen LogP contribution < -0.4 is 10.9 Å². The van der Waals surface area contributed by atoms with Crippen LogP contribution in [0.1, 0.15) is 27.2 Å². The van der Waals surface area contributed by atoms with Crippen LogP contribution in [-0.2, 0) is 11.3 Å². The number of benzene rings is 1. The molecule has 2 N–H and O–H groups in total. The lowest BCUT2D eigenvalue weighted by atomic mass is 10.1. The fraction of sp³-hybridized carbons (Fsp3) is 0.474. The van der Waals surface area contributed by atoms with E-state index in [-0.39, 0.29) is 22.8 Å². The van der Waals surface area contributed by atoms with Gasteiger partial charge in [0.15, 0.2) is 0 Å². The van der Waals surface area contributed by atoms with E-state index in [4.69, 9.17) is 4.74 Å². The molecule has 0 saturated carbocycles. The molecule has 6 nitrogen and oxygen atoms in total. The summed E-state index contributed by atoms with van der Waals surface area (Å²) in [6.45, 7) is 4.29. The lowest BCUT2D eigenvalue weighted by Crippen LogP contribution is -2.42. The first-order valence-corrected chi connectivity index (χ1v) is 9.52. The third kappa shape index (κ3) is 6.00. The minimum Gasteiger partial charge on any atom is -0.444 e. The largest absolute Gasteiger partial charge is 0.444 e. The standard InChI is InChI=1S/C19H23BrF2N2O4/c1-19(2,3)28-18(27)23-13(10-25)7-12(21)9-24-5-4-11-6-15(20)16(22)8-14(11)17(24)26/h4-6,8,12-13,25H,7,9-10H2,1-3H3,(H,23,27). The highest BCUT2D eigenvalue weighted by atomic mass is 79.9. The molecule has 1 aromatic carbocycles. The molecule has 2 aromatic rings. The van der Waals surface area contributed by atoms with E-state index in [9.17, 15) is 23.5 Å². The molecule has 0 aliphatic heterocycles. The number of carbonyl (C=O) groups excluding carboxylic acids is 1. The van der Waals surface area contributed by atoms with E-state index in [2.05, 4.69) is 21.2 Å². The lowest BCUT2D eigenvalue weighted by Gasteiger charge is -2.23. The van der Waals surface area contributed by atoms with E-state index < -0.39 is 41.9 Å². The lowest BCUT2D eigenvalue weighted by molar-refractivity contribution is 0.0466. The van der Waals surface area contributed by atoms with E-state index in [0.29, 0.717) is 5.39 Å². The predicted molar refractivity (Wildman–Crippen MR) is 106 cm³/mol. The van der Waals surface area contributed by atoms with Gasteiger partial charge in [0.25, 0.3) is 5.56 Å². The van der Waals surface area contributed by atoms with Crippen molar-refractivity contribution < 1.29 is 23.4 Å². The Kier molecular flexibility index (Phi) is 7.16. The Hall–Kier alpha value is -2.00. The fourth-order valence-electron chi connectivity index (χ4n) is 2.67. The molecule has 154 valence electrons. The summed E-state index contributed by atoms with van der Waals surface area (Å²) < 4.78 is 34.7. The molecule has 9 heteroatoms. The van der Waals surface area contributed by atoms with Crippen LogP contribution in [0.5, 0.6) is 0 Å². The maximum absolute atomic E-state index is 14.5. The summed E-state index contributed by atoms with van der Waals surface area (Å²) in [6, 6.07) is 3.31. The number of nitrogens with zero attached hydrogens (tertiary/aromatic N) is 1. The van der Waals surface area contributed by atoms with Gasteiger partial charge in [-0.25, -0.2) is 13.6 Å². The number of hydrogen-bond donors (Lipinski definition) is 2. The first-order chi connectivity index (χ1) is 13.0. The van der Waals surface area contributed by atoms with Gasteiger partial charge < -0.3 is 19.7 Å². The number of alkyl carbamates (subject to hydrolysis) is 1. The molecule has 0 spiro atoms. The number of halogens is 3. The van der Waals surface area contributed by atoms with Crippen LogP contribution in [0.3, 0.4) is 0 Å². The summed E-state index contributed by atoms with van der Waals surface area (Å²) in [5.74, 6) is -0.582. The second kappa shape index (κ2) is 9.00. The monoisotopic (exact) mass is 460 g/mol. The highest BCUT2D eigenvalue weighted by molar-refractivity contribution is 9.10. The van der Waals surface area contributed by atoms with Crippen LogP contribution in [0.25, 0.3) is 10.8 Å². The Morgan fingerprint density at radius 3 is 2.68 bits per heavy atom. The van der Waals surface area contributed by atoms with Crippen LogP contribution in [0.2, 0.25) is 0 Å². The molecular weight excluding hydrogens is 438 g/mol. The number of rotatable bonds is 6. The van der Waals surface area contributed by atoms with Crippen molar-refractivity contribution in [3.05, 3.63) is 45.0 Å². The summed E-state index contributed by atoms with van der Waals surface area (Å²) in [5.41, 5.74) is -1.24. The second-order valence-electron chi connectivity index (χ2n) is 7.49. The topological polar surface area (TPSA) is 80.6 Å². The molecule has 2 rings (SSSR count). The normalized spacial score (nSPS) is 14.0. The van der Waals surface area contributed by atoms with E-state index >= 15 is 0 Å². The second-order valence-corrected chi connectivity index (χ2v) is 8.34. The number of aliphatic hydroxyl groups excluding tert-OH is 1. The summed E-state index contributed by atoms with van der Waals surface area (Å²) in [6.07, 6.45) is -1.07. The van der Waals surface area contributed by atoms with Crippen molar-refractivity contribution >= 4 is 32.8 Å². The minimum atomic E-state index is -1.53. The van der Waals surface area contributed by atoms with Gasteiger partial charge in [-0.2, -0.15) is 0 Å². The molecule has 0 fully saturated rings. The number of pyridine rings is 1. The summed E-state index contributed by atoms with van der Waals surface area (Å²) in [7, 11) is 0. The molecule has 0 radical (unpaired) electrons. The SMILES string of the molecule is CC(C)(C)OC(=O)NC(CO)CC(F)Cn1ccc2cc(Br)c(F)cc2c1=O. The van der Waals surface area contributed by atoms with E-state index in [1.165, 1.54) is 12.3 Å². The van der Waals surface area contributed by atoms with Crippen LogP contribution in [-0.4, -0.2) is 40.2 Å². The van der Waals surface area contributed by atoms with Gasteiger partial charge in [0.1, 0.15) is 17.6 Å². The van der Waals surface area contributed by atoms with Crippen LogP contribution in [0.15, 0.2) is 33.7 Å². The van der Waals surface area contributed by atoms with Crippen molar-refractivity contribution in [2.75, 3.05) is 6.61 Å². The van der Waals surface area contributed by atoms with Crippen molar-refractivity contribution in [3.63, 3.8) is 0 Å². The maximum atomic E-state index is 14.5. The molecule has 2 unspecified atom stereocenters.